The van der Waals surface area contributed by atoms with E-state index < -0.39 is 6.04 Å². The molecule has 0 saturated heterocycles. The van der Waals surface area contributed by atoms with Crippen LogP contribution in [0.3, 0.4) is 0 Å². The zero-order valence-electron chi connectivity index (χ0n) is 19.4. The van der Waals surface area contributed by atoms with Crippen LogP contribution in [0.4, 0.5) is 5.82 Å². The molecule has 0 aliphatic heterocycles. The number of hydrogen-bond acceptors (Lipinski definition) is 5. The van der Waals surface area contributed by atoms with Crippen LogP contribution in [0.1, 0.15) is 35.6 Å². The van der Waals surface area contributed by atoms with Crippen molar-refractivity contribution >= 4 is 11.7 Å². The van der Waals surface area contributed by atoms with Gasteiger partial charge in [0.25, 0.3) is 0 Å². The highest BCUT2D eigenvalue weighted by Crippen LogP contribution is 2.21. The van der Waals surface area contributed by atoms with Crippen molar-refractivity contribution in [3.8, 4) is 11.1 Å². The second-order valence-electron chi connectivity index (χ2n) is 8.42. The summed E-state index contributed by atoms with van der Waals surface area (Å²) in [5, 5.41) is 14.8. The molecule has 4 rings (SSSR count). The average Bonchev–Trinajstić information content (AvgIpc) is 3.43. The Bertz CT molecular complexity index is 1210. The van der Waals surface area contributed by atoms with E-state index in [9.17, 15) is 4.79 Å². The molecule has 2 N–H and O–H groups in total. The topological polar surface area (TPSA) is 89.7 Å². The van der Waals surface area contributed by atoms with Crippen molar-refractivity contribution in [2.24, 2.45) is 14.1 Å². The molecule has 8 heteroatoms. The average molecular weight is 444 g/mol. The SMILES string of the molecule is Cc1ccc([C@@H](C)CN[C@@H](C(=O)Nc2ccc(-c3cnn(C)c3)cn2)c2cnn(C)c2)cc1. The second kappa shape index (κ2) is 9.79. The Balaban J connectivity index is 1.46. The summed E-state index contributed by atoms with van der Waals surface area (Å²) in [5.41, 5.74) is 5.18. The van der Waals surface area contributed by atoms with Crippen molar-refractivity contribution in [2.75, 3.05) is 11.9 Å². The van der Waals surface area contributed by atoms with E-state index in [-0.39, 0.29) is 11.8 Å². The van der Waals surface area contributed by atoms with Gasteiger partial charge in [-0.3, -0.25) is 14.2 Å². The number of pyridine rings is 1. The molecule has 2 atom stereocenters. The van der Waals surface area contributed by atoms with Crippen LogP contribution in [0.25, 0.3) is 11.1 Å². The minimum Gasteiger partial charge on any atom is -0.309 e. The van der Waals surface area contributed by atoms with E-state index in [0.717, 1.165) is 16.7 Å². The van der Waals surface area contributed by atoms with Gasteiger partial charge in [0.05, 0.1) is 12.4 Å². The van der Waals surface area contributed by atoms with E-state index in [0.29, 0.717) is 12.4 Å². The summed E-state index contributed by atoms with van der Waals surface area (Å²) < 4.78 is 3.44. The summed E-state index contributed by atoms with van der Waals surface area (Å²) in [6.45, 7) is 4.87. The lowest BCUT2D eigenvalue weighted by molar-refractivity contribution is -0.118. The van der Waals surface area contributed by atoms with E-state index in [4.69, 9.17) is 0 Å². The summed E-state index contributed by atoms with van der Waals surface area (Å²) >= 11 is 0. The summed E-state index contributed by atoms with van der Waals surface area (Å²) in [6.07, 6.45) is 9.01. The van der Waals surface area contributed by atoms with Crippen LogP contribution >= 0.6 is 0 Å². The molecule has 0 unspecified atom stereocenters. The molecule has 0 saturated carbocycles. The molecule has 4 aromatic rings. The molecule has 3 heterocycles. The summed E-state index contributed by atoms with van der Waals surface area (Å²) in [7, 11) is 3.71. The molecule has 0 aliphatic rings. The third kappa shape index (κ3) is 5.53. The minimum atomic E-state index is -0.550. The van der Waals surface area contributed by atoms with Gasteiger partial charge in [0.2, 0.25) is 5.91 Å². The lowest BCUT2D eigenvalue weighted by Gasteiger charge is -2.20. The van der Waals surface area contributed by atoms with Crippen molar-refractivity contribution in [1.82, 2.24) is 29.9 Å². The zero-order valence-corrected chi connectivity index (χ0v) is 19.4. The first kappa shape index (κ1) is 22.4. The van der Waals surface area contributed by atoms with Crippen molar-refractivity contribution in [3.05, 3.63) is 84.1 Å². The first-order chi connectivity index (χ1) is 15.9. The molecule has 33 heavy (non-hydrogen) atoms. The van der Waals surface area contributed by atoms with Gasteiger partial charge in [-0.2, -0.15) is 10.2 Å². The summed E-state index contributed by atoms with van der Waals surface area (Å²) in [5.74, 6) is 0.560. The first-order valence-electron chi connectivity index (χ1n) is 10.9. The summed E-state index contributed by atoms with van der Waals surface area (Å²) in [6, 6.07) is 11.7. The maximum atomic E-state index is 13.2. The molecular formula is C25H29N7O. The summed E-state index contributed by atoms with van der Waals surface area (Å²) in [4.78, 5) is 17.6. The fourth-order valence-corrected chi connectivity index (χ4v) is 3.67. The van der Waals surface area contributed by atoms with E-state index in [1.807, 2.05) is 32.6 Å². The second-order valence-corrected chi connectivity index (χ2v) is 8.42. The van der Waals surface area contributed by atoms with Crippen molar-refractivity contribution in [2.45, 2.75) is 25.8 Å². The number of aromatic nitrogens is 5. The molecule has 170 valence electrons. The lowest BCUT2D eigenvalue weighted by atomic mass is 9.99. The largest absolute Gasteiger partial charge is 0.309 e. The predicted molar refractivity (Wildman–Crippen MR) is 129 cm³/mol. The normalized spacial score (nSPS) is 13.0. The van der Waals surface area contributed by atoms with Crippen LogP contribution in [0, 0.1) is 6.92 Å². The Hall–Kier alpha value is -3.78. The monoisotopic (exact) mass is 443 g/mol. The predicted octanol–water partition coefficient (Wildman–Crippen LogP) is 3.60. The van der Waals surface area contributed by atoms with Crippen LogP contribution in [0.2, 0.25) is 0 Å². The number of nitrogens with zero attached hydrogens (tertiary/aromatic N) is 5. The fraction of sp³-hybridized carbons (Fsp3) is 0.280. The number of hydrogen-bond donors (Lipinski definition) is 2. The van der Waals surface area contributed by atoms with Gasteiger partial charge < -0.3 is 10.6 Å². The van der Waals surface area contributed by atoms with Gasteiger partial charge in [0, 0.05) is 55.9 Å². The lowest BCUT2D eigenvalue weighted by Crippen LogP contribution is -2.35. The molecule has 0 spiro atoms. The van der Waals surface area contributed by atoms with Crippen LogP contribution in [0.15, 0.2) is 67.4 Å². The maximum absolute atomic E-state index is 13.2. The van der Waals surface area contributed by atoms with Gasteiger partial charge in [-0.25, -0.2) is 4.98 Å². The number of amides is 1. The van der Waals surface area contributed by atoms with Gasteiger partial charge in [-0.15, -0.1) is 0 Å². The Kier molecular flexibility index (Phi) is 6.65. The first-order valence-corrected chi connectivity index (χ1v) is 10.9. The van der Waals surface area contributed by atoms with E-state index in [1.165, 1.54) is 11.1 Å². The third-order valence-corrected chi connectivity index (χ3v) is 5.65. The van der Waals surface area contributed by atoms with Crippen LogP contribution < -0.4 is 10.6 Å². The number of carbonyl (C=O) groups is 1. The van der Waals surface area contributed by atoms with Gasteiger partial charge in [0.15, 0.2) is 0 Å². The Morgan fingerprint density at radius 3 is 2.24 bits per heavy atom. The number of aryl methyl sites for hydroxylation is 3. The van der Waals surface area contributed by atoms with Crippen molar-refractivity contribution in [3.63, 3.8) is 0 Å². The molecule has 8 nitrogen and oxygen atoms in total. The molecule has 1 aromatic carbocycles. The molecule has 1 amide bonds. The van der Waals surface area contributed by atoms with Crippen LogP contribution in [-0.2, 0) is 18.9 Å². The van der Waals surface area contributed by atoms with Crippen molar-refractivity contribution < 1.29 is 4.79 Å². The number of rotatable bonds is 8. The minimum absolute atomic E-state index is 0.180. The number of benzene rings is 1. The van der Waals surface area contributed by atoms with Crippen LogP contribution in [0.5, 0.6) is 0 Å². The molecule has 0 fully saturated rings. The Labute approximate surface area is 193 Å². The van der Waals surface area contributed by atoms with E-state index in [1.54, 1.807) is 34.0 Å². The molecule has 0 radical (unpaired) electrons. The molecule has 3 aromatic heterocycles. The highest BCUT2D eigenvalue weighted by molar-refractivity contribution is 5.94. The maximum Gasteiger partial charge on any atom is 0.247 e. The molecule has 0 aliphatic carbocycles. The highest BCUT2D eigenvalue weighted by Gasteiger charge is 2.23. The third-order valence-electron chi connectivity index (χ3n) is 5.65. The van der Waals surface area contributed by atoms with Crippen LogP contribution in [-0.4, -0.2) is 37.0 Å². The zero-order chi connectivity index (χ0) is 23.4. The standard InChI is InChI=1S/C25H29N7O/c1-17-5-7-19(8-6-17)18(2)11-27-24(22-14-29-32(4)16-22)25(33)30-23-10-9-20(12-26-23)21-13-28-31(3)15-21/h5-10,12-16,18,24,27H,11H2,1-4H3,(H,26,30,33)/t18-,24+/m0/s1. The van der Waals surface area contributed by atoms with E-state index in [2.05, 4.69) is 63.9 Å². The van der Waals surface area contributed by atoms with Gasteiger partial charge in [0.1, 0.15) is 11.9 Å². The molecular weight excluding hydrogens is 414 g/mol. The molecule has 0 bridgehead atoms. The fourth-order valence-electron chi connectivity index (χ4n) is 3.67. The quantitative estimate of drug-likeness (QED) is 0.434. The Morgan fingerprint density at radius 2 is 1.64 bits per heavy atom. The Morgan fingerprint density at radius 1 is 0.909 bits per heavy atom. The van der Waals surface area contributed by atoms with Crippen molar-refractivity contribution in [1.29, 1.82) is 0 Å². The van der Waals surface area contributed by atoms with E-state index >= 15 is 0 Å². The number of carbonyl (C=O) groups excluding carboxylic acids is 1. The highest BCUT2D eigenvalue weighted by atomic mass is 16.2. The number of anilines is 1. The van der Waals surface area contributed by atoms with Gasteiger partial charge >= 0.3 is 0 Å². The smallest absolute Gasteiger partial charge is 0.247 e. The van der Waals surface area contributed by atoms with Gasteiger partial charge in [-0.1, -0.05) is 36.8 Å². The van der Waals surface area contributed by atoms with Gasteiger partial charge in [-0.05, 0) is 30.5 Å². The number of nitrogens with one attached hydrogen (secondary N) is 2.